The third-order valence-corrected chi connectivity index (χ3v) is 5.05. The van der Waals surface area contributed by atoms with E-state index in [1.807, 2.05) is 18.2 Å². The lowest BCUT2D eigenvalue weighted by Crippen LogP contribution is -2.18. The lowest BCUT2D eigenvalue weighted by Gasteiger charge is -2.14. The molecule has 2 N–H and O–H groups in total. The molecule has 0 spiro atoms. The highest BCUT2D eigenvalue weighted by Gasteiger charge is 2.27. The Morgan fingerprint density at radius 2 is 1.93 bits per heavy atom. The average Bonchev–Trinajstić information content (AvgIpc) is 3.05. The molecule has 0 atom stereocenters. The molecule has 0 unspecified atom stereocenters. The second kappa shape index (κ2) is 8.08. The Labute approximate surface area is 178 Å². The summed E-state index contributed by atoms with van der Waals surface area (Å²) >= 11 is 6.31. The van der Waals surface area contributed by atoms with E-state index in [1.54, 1.807) is 44.4 Å². The molecular weight excluding hydrogens is 406 g/mol. The van der Waals surface area contributed by atoms with Crippen molar-refractivity contribution < 1.29 is 14.3 Å². The molecule has 0 fully saturated rings. The van der Waals surface area contributed by atoms with Crippen LogP contribution < -0.4 is 20.1 Å². The SMILES string of the molecule is COc1ccc(Nc2ncc(Cl)c(Nc3cccc4c3C(=O)N(C)C4)n2)c(OC)c1. The van der Waals surface area contributed by atoms with Crippen molar-refractivity contribution in [3.63, 3.8) is 0 Å². The molecule has 0 saturated carbocycles. The Balaban J connectivity index is 1.63. The number of carbonyl (C=O) groups is 1. The van der Waals surface area contributed by atoms with Gasteiger partial charge in [0.1, 0.15) is 16.5 Å². The monoisotopic (exact) mass is 425 g/mol. The number of fused-ring (bicyclic) bond motifs is 1. The van der Waals surface area contributed by atoms with Crippen LogP contribution in [0, 0.1) is 0 Å². The molecule has 2 heterocycles. The van der Waals surface area contributed by atoms with E-state index >= 15 is 0 Å². The molecule has 0 radical (unpaired) electrons. The maximum absolute atomic E-state index is 12.5. The molecule has 0 aliphatic carbocycles. The summed E-state index contributed by atoms with van der Waals surface area (Å²) in [6.45, 7) is 0.575. The number of methoxy groups -OCH3 is 2. The Morgan fingerprint density at radius 3 is 2.70 bits per heavy atom. The molecule has 0 bridgehead atoms. The van der Waals surface area contributed by atoms with Gasteiger partial charge in [0.15, 0.2) is 5.82 Å². The second-order valence-corrected chi connectivity index (χ2v) is 7.11. The minimum atomic E-state index is -0.0420. The van der Waals surface area contributed by atoms with Crippen LogP contribution >= 0.6 is 11.6 Å². The van der Waals surface area contributed by atoms with Gasteiger partial charge in [-0.2, -0.15) is 4.98 Å². The largest absolute Gasteiger partial charge is 0.497 e. The molecule has 1 aliphatic heterocycles. The Bertz CT molecular complexity index is 1120. The predicted molar refractivity (Wildman–Crippen MR) is 115 cm³/mol. The smallest absolute Gasteiger partial charge is 0.256 e. The van der Waals surface area contributed by atoms with Crippen LogP contribution in [-0.2, 0) is 6.54 Å². The topological polar surface area (TPSA) is 88.6 Å². The number of ether oxygens (including phenoxy) is 2. The van der Waals surface area contributed by atoms with Gasteiger partial charge in [-0.15, -0.1) is 0 Å². The fraction of sp³-hybridized carbons (Fsp3) is 0.190. The molecule has 3 aromatic rings. The zero-order chi connectivity index (χ0) is 21.3. The molecule has 4 rings (SSSR count). The number of hydrogen-bond acceptors (Lipinski definition) is 7. The van der Waals surface area contributed by atoms with Gasteiger partial charge >= 0.3 is 0 Å². The minimum absolute atomic E-state index is 0.0420. The van der Waals surface area contributed by atoms with Gasteiger partial charge in [0.25, 0.3) is 5.91 Å². The van der Waals surface area contributed by atoms with E-state index < -0.39 is 0 Å². The van der Waals surface area contributed by atoms with E-state index in [-0.39, 0.29) is 5.91 Å². The standard InChI is InChI=1S/C21H20ClN5O3/c1-27-11-12-5-4-6-16(18(12)20(27)28)24-19-14(22)10-23-21(26-19)25-15-8-7-13(29-2)9-17(15)30-3/h4-10H,11H2,1-3H3,(H2,23,24,25,26). The Hall–Kier alpha value is -3.52. The number of carbonyl (C=O) groups excluding carboxylic acids is 1. The van der Waals surface area contributed by atoms with Crippen molar-refractivity contribution in [3.8, 4) is 11.5 Å². The van der Waals surface area contributed by atoms with Crippen LogP contribution in [0.5, 0.6) is 11.5 Å². The van der Waals surface area contributed by atoms with Crippen LogP contribution in [0.1, 0.15) is 15.9 Å². The van der Waals surface area contributed by atoms with Gasteiger partial charge in [0, 0.05) is 19.7 Å². The molecule has 0 saturated heterocycles. The zero-order valence-corrected chi connectivity index (χ0v) is 17.4. The van der Waals surface area contributed by atoms with Gasteiger partial charge in [0.05, 0.1) is 37.4 Å². The molecule has 8 nitrogen and oxygen atoms in total. The van der Waals surface area contributed by atoms with Crippen LogP contribution in [0.25, 0.3) is 0 Å². The van der Waals surface area contributed by atoms with E-state index in [2.05, 4.69) is 20.6 Å². The van der Waals surface area contributed by atoms with Gasteiger partial charge in [0.2, 0.25) is 5.95 Å². The average molecular weight is 426 g/mol. The third kappa shape index (κ3) is 3.69. The summed E-state index contributed by atoms with van der Waals surface area (Å²) in [5.41, 5.74) is 2.90. The number of anilines is 4. The zero-order valence-electron chi connectivity index (χ0n) is 16.7. The summed E-state index contributed by atoms with van der Waals surface area (Å²) in [5, 5.41) is 6.63. The third-order valence-electron chi connectivity index (χ3n) is 4.77. The highest BCUT2D eigenvalue weighted by atomic mass is 35.5. The summed E-state index contributed by atoms with van der Waals surface area (Å²) in [4.78, 5) is 22.9. The number of nitrogens with zero attached hydrogens (tertiary/aromatic N) is 3. The van der Waals surface area contributed by atoms with E-state index in [1.165, 1.54) is 6.20 Å². The molecule has 9 heteroatoms. The molecule has 2 aromatic carbocycles. The summed E-state index contributed by atoms with van der Waals surface area (Å²) in [6.07, 6.45) is 1.49. The van der Waals surface area contributed by atoms with E-state index in [9.17, 15) is 4.79 Å². The first-order valence-corrected chi connectivity index (χ1v) is 9.54. The Morgan fingerprint density at radius 1 is 1.10 bits per heavy atom. The van der Waals surface area contributed by atoms with Gasteiger partial charge in [-0.3, -0.25) is 4.79 Å². The summed E-state index contributed by atoms with van der Waals surface area (Å²) in [7, 11) is 4.93. The van der Waals surface area contributed by atoms with Crippen LogP contribution in [0.3, 0.4) is 0 Å². The van der Waals surface area contributed by atoms with Crippen LogP contribution in [0.15, 0.2) is 42.6 Å². The van der Waals surface area contributed by atoms with E-state index in [4.69, 9.17) is 21.1 Å². The highest BCUT2D eigenvalue weighted by Crippen LogP contribution is 2.34. The number of halogens is 1. The van der Waals surface area contributed by atoms with Gasteiger partial charge in [-0.05, 0) is 23.8 Å². The number of amides is 1. The number of hydrogen-bond donors (Lipinski definition) is 2. The lowest BCUT2D eigenvalue weighted by atomic mass is 10.1. The summed E-state index contributed by atoms with van der Waals surface area (Å²) < 4.78 is 10.6. The van der Waals surface area contributed by atoms with Crippen LogP contribution in [-0.4, -0.2) is 42.0 Å². The quantitative estimate of drug-likeness (QED) is 0.611. The van der Waals surface area contributed by atoms with Crippen LogP contribution in [0.2, 0.25) is 5.02 Å². The van der Waals surface area contributed by atoms with Crippen molar-refractivity contribution in [1.29, 1.82) is 0 Å². The van der Waals surface area contributed by atoms with E-state index in [0.29, 0.717) is 51.8 Å². The van der Waals surface area contributed by atoms with E-state index in [0.717, 1.165) is 5.56 Å². The minimum Gasteiger partial charge on any atom is -0.497 e. The fourth-order valence-electron chi connectivity index (χ4n) is 3.27. The van der Waals surface area contributed by atoms with Gasteiger partial charge in [-0.25, -0.2) is 4.98 Å². The first kappa shape index (κ1) is 19.8. The fourth-order valence-corrected chi connectivity index (χ4v) is 3.41. The maximum atomic E-state index is 12.5. The van der Waals surface area contributed by atoms with Crippen molar-refractivity contribution >= 4 is 40.6 Å². The first-order chi connectivity index (χ1) is 14.5. The van der Waals surface area contributed by atoms with Crippen molar-refractivity contribution in [3.05, 3.63) is 58.7 Å². The maximum Gasteiger partial charge on any atom is 0.256 e. The number of nitrogens with one attached hydrogen (secondary N) is 2. The van der Waals surface area contributed by atoms with Crippen molar-refractivity contribution in [1.82, 2.24) is 14.9 Å². The molecule has 1 aromatic heterocycles. The van der Waals surface area contributed by atoms with Gasteiger partial charge in [-0.1, -0.05) is 23.7 Å². The molecule has 1 amide bonds. The predicted octanol–water partition coefficient (Wildman–Crippen LogP) is 4.22. The molecule has 1 aliphatic rings. The number of rotatable bonds is 6. The lowest BCUT2D eigenvalue weighted by molar-refractivity contribution is 0.0817. The second-order valence-electron chi connectivity index (χ2n) is 6.71. The molecule has 154 valence electrons. The van der Waals surface area contributed by atoms with Crippen LogP contribution in [0.4, 0.5) is 23.1 Å². The Kier molecular flexibility index (Phi) is 5.33. The highest BCUT2D eigenvalue weighted by molar-refractivity contribution is 6.33. The normalized spacial score (nSPS) is 12.5. The van der Waals surface area contributed by atoms with Crippen molar-refractivity contribution in [2.45, 2.75) is 6.54 Å². The van der Waals surface area contributed by atoms with Crippen molar-refractivity contribution in [2.24, 2.45) is 0 Å². The number of aromatic nitrogens is 2. The summed E-state index contributed by atoms with van der Waals surface area (Å²) in [6, 6.07) is 11.0. The first-order valence-electron chi connectivity index (χ1n) is 9.16. The van der Waals surface area contributed by atoms with Gasteiger partial charge < -0.3 is 25.0 Å². The summed E-state index contributed by atoms with van der Waals surface area (Å²) in [5.74, 6) is 1.92. The van der Waals surface area contributed by atoms with Crippen molar-refractivity contribution in [2.75, 3.05) is 31.9 Å². The number of benzene rings is 2. The molecular formula is C21H20ClN5O3. The molecule has 30 heavy (non-hydrogen) atoms.